The van der Waals surface area contributed by atoms with Crippen molar-refractivity contribution in [2.45, 2.75) is 36.2 Å². The Kier molecular flexibility index (Phi) is 8.18. The quantitative estimate of drug-likeness (QED) is 0.410. The highest BCUT2D eigenvalue weighted by atomic mass is 35.5. The molecule has 1 fully saturated rings. The molecule has 0 radical (unpaired) electrons. The van der Waals surface area contributed by atoms with Gasteiger partial charge < -0.3 is 10.4 Å². The molecule has 0 aliphatic carbocycles. The second-order valence-corrected chi connectivity index (χ2v) is 11.4. The fourth-order valence-electron chi connectivity index (χ4n) is 4.32. The number of hydrogen-bond donors (Lipinski definition) is 2. The maximum absolute atomic E-state index is 14.1. The number of carboxylic acids is 1. The van der Waals surface area contributed by atoms with Crippen LogP contribution in [0.15, 0.2) is 71.6 Å². The van der Waals surface area contributed by atoms with E-state index >= 15 is 0 Å². The maximum atomic E-state index is 14.1. The lowest BCUT2D eigenvalue weighted by atomic mass is 10.00. The summed E-state index contributed by atoms with van der Waals surface area (Å²) in [6.07, 6.45) is 0.631. The Morgan fingerprint density at radius 2 is 1.70 bits per heavy atom. The molecule has 2 N–H and O–H groups in total. The van der Waals surface area contributed by atoms with E-state index in [1.165, 1.54) is 24.3 Å². The standard InChI is InChI=1S/C26H23Cl2FN2O5S/c27-18-13-19(28)15-20(14-18)37(35,36)31-11-3-6-24(31)25(32)30-23(26(33)34)12-16-7-9-17(10-8-16)21-4-1-2-5-22(21)29/h1-2,4-5,7-10,13-15,23-24H,3,6,11-12H2,(H,30,32)(H,33,34)/t23-,24-/m0/s1. The summed E-state index contributed by atoms with van der Waals surface area (Å²) in [6, 6.07) is 14.5. The highest BCUT2D eigenvalue weighted by Crippen LogP contribution is 2.30. The summed E-state index contributed by atoms with van der Waals surface area (Å²) < 4.78 is 41.6. The Morgan fingerprint density at radius 1 is 1.05 bits per heavy atom. The average molecular weight is 565 g/mol. The van der Waals surface area contributed by atoms with Crippen molar-refractivity contribution in [2.75, 3.05) is 6.54 Å². The highest BCUT2D eigenvalue weighted by molar-refractivity contribution is 7.89. The van der Waals surface area contributed by atoms with E-state index in [9.17, 15) is 27.5 Å². The second-order valence-electron chi connectivity index (χ2n) is 8.66. The summed E-state index contributed by atoms with van der Waals surface area (Å²) in [6.45, 7) is 0.0970. The molecule has 0 saturated carbocycles. The fourth-order valence-corrected chi connectivity index (χ4v) is 6.71. The Labute approximate surface area is 223 Å². The van der Waals surface area contributed by atoms with Crippen molar-refractivity contribution >= 4 is 45.1 Å². The molecule has 1 heterocycles. The summed E-state index contributed by atoms with van der Waals surface area (Å²) in [5.74, 6) is -2.34. The van der Waals surface area contributed by atoms with E-state index < -0.39 is 34.0 Å². The van der Waals surface area contributed by atoms with Crippen molar-refractivity contribution in [3.63, 3.8) is 0 Å². The van der Waals surface area contributed by atoms with Gasteiger partial charge in [-0.15, -0.1) is 0 Å². The monoisotopic (exact) mass is 564 g/mol. The number of rotatable bonds is 8. The van der Waals surface area contributed by atoms with Crippen LogP contribution in [0.5, 0.6) is 0 Å². The zero-order valence-corrected chi connectivity index (χ0v) is 21.7. The molecule has 3 aromatic rings. The first-order chi connectivity index (χ1) is 17.6. The maximum Gasteiger partial charge on any atom is 0.326 e. The van der Waals surface area contributed by atoms with E-state index in [2.05, 4.69) is 5.32 Å². The smallest absolute Gasteiger partial charge is 0.326 e. The summed E-state index contributed by atoms with van der Waals surface area (Å²) in [5.41, 5.74) is 1.66. The summed E-state index contributed by atoms with van der Waals surface area (Å²) >= 11 is 11.9. The molecular weight excluding hydrogens is 542 g/mol. The molecular formula is C26H23Cl2FN2O5S. The van der Waals surface area contributed by atoms with Crippen LogP contribution in [0.2, 0.25) is 10.0 Å². The van der Waals surface area contributed by atoms with Crippen molar-refractivity contribution < 1.29 is 27.5 Å². The van der Waals surface area contributed by atoms with Crippen molar-refractivity contribution in [1.29, 1.82) is 0 Å². The predicted octanol–water partition coefficient (Wildman–Crippen LogP) is 4.76. The minimum atomic E-state index is -4.10. The number of nitrogens with one attached hydrogen (secondary N) is 1. The van der Waals surface area contributed by atoms with Crippen LogP contribution in [0.3, 0.4) is 0 Å². The van der Waals surface area contributed by atoms with Gasteiger partial charge in [-0.3, -0.25) is 4.79 Å². The lowest BCUT2D eigenvalue weighted by Crippen LogP contribution is -2.51. The number of hydrogen-bond acceptors (Lipinski definition) is 4. The Hall–Kier alpha value is -2.98. The highest BCUT2D eigenvalue weighted by Gasteiger charge is 2.40. The topological polar surface area (TPSA) is 104 Å². The minimum absolute atomic E-state index is 0.0397. The number of benzene rings is 3. The number of carboxylic acid groups (broad SMARTS) is 1. The number of carbonyl (C=O) groups excluding carboxylic acids is 1. The van der Waals surface area contributed by atoms with Gasteiger partial charge in [0.15, 0.2) is 0 Å². The van der Waals surface area contributed by atoms with Gasteiger partial charge in [0, 0.05) is 28.6 Å². The minimum Gasteiger partial charge on any atom is -0.480 e. The summed E-state index contributed by atoms with van der Waals surface area (Å²) in [4.78, 5) is 24.9. The van der Waals surface area contributed by atoms with Crippen LogP contribution < -0.4 is 5.32 Å². The molecule has 1 aliphatic heterocycles. The molecule has 2 atom stereocenters. The fraction of sp³-hybridized carbons (Fsp3) is 0.231. The van der Waals surface area contributed by atoms with Gasteiger partial charge in [0.25, 0.3) is 0 Å². The Balaban J connectivity index is 1.49. The van der Waals surface area contributed by atoms with Crippen molar-refractivity contribution in [3.8, 4) is 11.1 Å². The van der Waals surface area contributed by atoms with Crippen LogP contribution in [-0.2, 0) is 26.0 Å². The molecule has 11 heteroatoms. The van der Waals surface area contributed by atoms with Crippen LogP contribution in [0.4, 0.5) is 4.39 Å². The van der Waals surface area contributed by atoms with E-state index in [1.54, 1.807) is 42.5 Å². The Bertz CT molecular complexity index is 1410. The van der Waals surface area contributed by atoms with Crippen LogP contribution in [0, 0.1) is 5.82 Å². The van der Waals surface area contributed by atoms with Gasteiger partial charge in [0.05, 0.1) is 4.90 Å². The number of nitrogens with zero attached hydrogens (tertiary/aromatic N) is 1. The first kappa shape index (κ1) is 27.1. The zero-order valence-electron chi connectivity index (χ0n) is 19.4. The van der Waals surface area contributed by atoms with Gasteiger partial charge in [-0.25, -0.2) is 17.6 Å². The van der Waals surface area contributed by atoms with Crippen LogP contribution in [-0.4, -0.2) is 48.3 Å². The molecule has 7 nitrogen and oxygen atoms in total. The first-order valence-corrected chi connectivity index (χ1v) is 13.6. The van der Waals surface area contributed by atoms with Gasteiger partial charge in [-0.1, -0.05) is 65.7 Å². The number of halogens is 3. The Morgan fingerprint density at radius 3 is 2.32 bits per heavy atom. The van der Waals surface area contributed by atoms with Crippen molar-refractivity contribution in [2.24, 2.45) is 0 Å². The number of sulfonamides is 1. The normalized spacial score (nSPS) is 16.9. The lowest BCUT2D eigenvalue weighted by molar-refractivity contribution is -0.142. The SMILES string of the molecule is O=C(O)[C@H](Cc1ccc(-c2ccccc2F)cc1)NC(=O)[C@@H]1CCCN1S(=O)(=O)c1cc(Cl)cc(Cl)c1. The van der Waals surface area contributed by atoms with Crippen molar-refractivity contribution in [1.82, 2.24) is 9.62 Å². The molecule has 0 unspecified atom stereocenters. The van der Waals surface area contributed by atoms with E-state index in [-0.39, 0.29) is 40.1 Å². The van der Waals surface area contributed by atoms with Crippen LogP contribution >= 0.6 is 23.2 Å². The second kappa shape index (κ2) is 11.2. The third-order valence-electron chi connectivity index (χ3n) is 6.14. The predicted molar refractivity (Wildman–Crippen MR) is 138 cm³/mol. The third-order valence-corrected chi connectivity index (χ3v) is 8.46. The number of amides is 1. The van der Waals surface area contributed by atoms with E-state index in [0.29, 0.717) is 23.1 Å². The zero-order chi connectivity index (χ0) is 26.7. The molecule has 1 amide bonds. The first-order valence-electron chi connectivity index (χ1n) is 11.4. The molecule has 0 spiro atoms. The molecule has 3 aromatic carbocycles. The molecule has 1 saturated heterocycles. The summed E-state index contributed by atoms with van der Waals surface area (Å²) in [7, 11) is -4.10. The van der Waals surface area contributed by atoms with E-state index in [4.69, 9.17) is 23.2 Å². The molecule has 194 valence electrons. The molecule has 4 rings (SSSR count). The molecule has 37 heavy (non-hydrogen) atoms. The van der Waals surface area contributed by atoms with Gasteiger partial charge >= 0.3 is 5.97 Å². The van der Waals surface area contributed by atoms with Gasteiger partial charge in [-0.05, 0) is 48.2 Å². The van der Waals surface area contributed by atoms with Gasteiger partial charge in [0.2, 0.25) is 15.9 Å². The van der Waals surface area contributed by atoms with E-state index in [0.717, 1.165) is 4.31 Å². The number of aliphatic carboxylic acids is 1. The third kappa shape index (κ3) is 6.13. The largest absolute Gasteiger partial charge is 0.480 e. The molecule has 1 aliphatic rings. The van der Waals surface area contributed by atoms with Crippen molar-refractivity contribution in [3.05, 3.63) is 88.2 Å². The molecule has 0 bridgehead atoms. The van der Waals surface area contributed by atoms with E-state index in [1.807, 2.05) is 0 Å². The molecule has 0 aromatic heterocycles. The number of carbonyl (C=O) groups is 2. The average Bonchev–Trinajstić information content (AvgIpc) is 3.35. The summed E-state index contributed by atoms with van der Waals surface area (Å²) in [5, 5.41) is 12.5. The van der Waals surface area contributed by atoms with Gasteiger partial charge in [0.1, 0.15) is 17.9 Å². The van der Waals surface area contributed by atoms with Crippen LogP contribution in [0.1, 0.15) is 18.4 Å². The van der Waals surface area contributed by atoms with Gasteiger partial charge in [-0.2, -0.15) is 4.31 Å². The van der Waals surface area contributed by atoms with Crippen LogP contribution in [0.25, 0.3) is 11.1 Å². The lowest BCUT2D eigenvalue weighted by Gasteiger charge is -2.25.